The van der Waals surface area contributed by atoms with Gasteiger partial charge in [-0.25, -0.2) is 9.97 Å². The van der Waals surface area contributed by atoms with Crippen molar-refractivity contribution < 1.29 is 18.0 Å². The molecule has 1 aromatic carbocycles. The number of halogens is 3. The number of aromatic nitrogens is 3. The fourth-order valence-electron chi connectivity index (χ4n) is 3.51. The minimum Gasteiger partial charge on any atom is -0.368 e. The summed E-state index contributed by atoms with van der Waals surface area (Å²) in [5, 5.41) is 5.71. The zero-order valence-corrected chi connectivity index (χ0v) is 17.3. The van der Waals surface area contributed by atoms with E-state index < -0.39 is 11.9 Å². The number of alkyl halides is 3. The highest BCUT2D eigenvalue weighted by Gasteiger charge is 2.32. The Kier molecular flexibility index (Phi) is 5.93. The van der Waals surface area contributed by atoms with Crippen LogP contribution >= 0.6 is 0 Å². The molecular formula is C22H21F3N6O. The summed E-state index contributed by atoms with van der Waals surface area (Å²) in [5.74, 6) is -0.104. The molecule has 10 heteroatoms. The van der Waals surface area contributed by atoms with E-state index in [2.05, 4.69) is 30.5 Å². The topological polar surface area (TPSA) is 83.0 Å². The first-order valence-electron chi connectivity index (χ1n) is 10.0. The van der Waals surface area contributed by atoms with E-state index >= 15 is 0 Å². The lowest BCUT2D eigenvalue weighted by molar-refractivity contribution is -0.141. The van der Waals surface area contributed by atoms with E-state index in [-0.39, 0.29) is 11.9 Å². The number of rotatable bonds is 4. The zero-order valence-electron chi connectivity index (χ0n) is 17.3. The number of carbonyl (C=O) groups excluding carboxylic acids is 1. The van der Waals surface area contributed by atoms with Gasteiger partial charge in [-0.3, -0.25) is 9.78 Å². The highest BCUT2D eigenvalue weighted by Crippen LogP contribution is 2.30. The van der Waals surface area contributed by atoms with Crippen LogP contribution in [-0.4, -0.2) is 40.5 Å². The number of anilines is 3. The minimum absolute atomic E-state index is 0.0304. The summed E-state index contributed by atoms with van der Waals surface area (Å²) in [6.07, 6.45) is 0.425. The summed E-state index contributed by atoms with van der Waals surface area (Å²) in [6.45, 7) is 3.75. The molecular weight excluding hydrogens is 421 g/mol. The highest BCUT2D eigenvalue weighted by atomic mass is 19.4. The average Bonchev–Trinajstić information content (AvgIpc) is 2.97. The molecule has 0 atom stereocenters. The number of nitrogens with zero attached hydrogens (tertiary/aromatic N) is 4. The van der Waals surface area contributed by atoms with Crippen molar-refractivity contribution in [1.82, 2.24) is 20.3 Å². The third kappa shape index (κ3) is 5.13. The SMILES string of the molecule is Cc1cc(Nc2nccc(C(F)(F)F)n2)cc(-c2cncc(N3CCNC(=O)CC3)c2)c1. The van der Waals surface area contributed by atoms with Crippen LogP contribution in [0.3, 0.4) is 0 Å². The van der Waals surface area contributed by atoms with Gasteiger partial charge in [-0.15, -0.1) is 0 Å². The van der Waals surface area contributed by atoms with E-state index in [0.717, 1.165) is 34.6 Å². The molecule has 2 aromatic heterocycles. The number of carbonyl (C=O) groups is 1. The third-order valence-electron chi connectivity index (χ3n) is 5.01. The highest BCUT2D eigenvalue weighted by molar-refractivity contribution is 5.77. The number of hydrogen-bond acceptors (Lipinski definition) is 6. The smallest absolute Gasteiger partial charge is 0.368 e. The molecule has 0 spiro atoms. The van der Waals surface area contributed by atoms with E-state index in [1.807, 2.05) is 25.1 Å². The van der Waals surface area contributed by atoms with Crippen LogP contribution in [0.4, 0.5) is 30.5 Å². The van der Waals surface area contributed by atoms with Gasteiger partial charge in [0, 0.05) is 49.7 Å². The van der Waals surface area contributed by atoms with Crippen LogP contribution < -0.4 is 15.5 Å². The molecule has 3 aromatic rings. The quantitative estimate of drug-likeness (QED) is 0.637. The fourth-order valence-corrected chi connectivity index (χ4v) is 3.51. The first-order valence-corrected chi connectivity index (χ1v) is 10.0. The van der Waals surface area contributed by atoms with E-state index in [1.54, 1.807) is 18.5 Å². The molecule has 166 valence electrons. The number of nitrogens with one attached hydrogen (secondary N) is 2. The van der Waals surface area contributed by atoms with Crippen molar-refractivity contribution in [2.75, 3.05) is 29.9 Å². The normalized spacial score (nSPS) is 14.6. The maximum absolute atomic E-state index is 12.9. The van der Waals surface area contributed by atoms with Crippen LogP contribution in [0, 0.1) is 6.92 Å². The number of aryl methyl sites for hydroxylation is 1. The standard InChI is InChI=1S/C22H21F3N6O/c1-14-8-15(10-17(9-14)29-21-28-4-2-19(30-21)22(23,24)25)16-11-18(13-26-12-16)31-6-3-20(32)27-5-7-31/h2,4,8-13H,3,5-7H2,1H3,(H,27,32)(H,28,29,30). The van der Waals surface area contributed by atoms with Gasteiger partial charge in [0.25, 0.3) is 0 Å². The molecule has 7 nitrogen and oxygen atoms in total. The molecule has 2 N–H and O–H groups in total. The Morgan fingerprint density at radius 2 is 1.94 bits per heavy atom. The lowest BCUT2D eigenvalue weighted by atomic mass is 10.0. The predicted octanol–water partition coefficient (Wildman–Crippen LogP) is 3.94. The van der Waals surface area contributed by atoms with E-state index in [4.69, 9.17) is 0 Å². The van der Waals surface area contributed by atoms with Gasteiger partial charge in [0.05, 0.1) is 11.9 Å². The number of pyridine rings is 1. The molecule has 3 heterocycles. The van der Waals surface area contributed by atoms with Gasteiger partial charge in [0.1, 0.15) is 5.69 Å². The second kappa shape index (κ2) is 8.81. The van der Waals surface area contributed by atoms with Crippen molar-refractivity contribution >= 4 is 23.2 Å². The Labute approximate surface area is 182 Å². The Morgan fingerprint density at radius 3 is 2.75 bits per heavy atom. The second-order valence-electron chi connectivity index (χ2n) is 7.49. The Bertz CT molecular complexity index is 1130. The molecule has 1 aliphatic heterocycles. The molecule has 1 fully saturated rings. The molecule has 4 rings (SSSR count). The monoisotopic (exact) mass is 442 g/mol. The maximum Gasteiger partial charge on any atom is 0.433 e. The summed E-state index contributed by atoms with van der Waals surface area (Å²) in [7, 11) is 0. The largest absolute Gasteiger partial charge is 0.433 e. The summed E-state index contributed by atoms with van der Waals surface area (Å²) in [5.41, 5.74) is 3.06. The number of hydrogen-bond donors (Lipinski definition) is 2. The first-order chi connectivity index (χ1) is 15.3. The van der Waals surface area contributed by atoms with Crippen molar-refractivity contribution in [1.29, 1.82) is 0 Å². The molecule has 1 saturated heterocycles. The molecule has 0 saturated carbocycles. The van der Waals surface area contributed by atoms with Gasteiger partial charge in [-0.05, 0) is 42.3 Å². The van der Waals surface area contributed by atoms with Crippen LogP contribution in [0.25, 0.3) is 11.1 Å². The van der Waals surface area contributed by atoms with E-state index in [9.17, 15) is 18.0 Å². The van der Waals surface area contributed by atoms with Gasteiger partial charge in [0.15, 0.2) is 0 Å². The van der Waals surface area contributed by atoms with Crippen LogP contribution in [0.1, 0.15) is 17.7 Å². The summed E-state index contributed by atoms with van der Waals surface area (Å²) < 4.78 is 38.8. The van der Waals surface area contributed by atoms with Crippen LogP contribution in [0.2, 0.25) is 0 Å². The predicted molar refractivity (Wildman–Crippen MR) is 115 cm³/mol. The second-order valence-corrected chi connectivity index (χ2v) is 7.49. The van der Waals surface area contributed by atoms with Crippen LogP contribution in [0.5, 0.6) is 0 Å². The van der Waals surface area contributed by atoms with Crippen molar-refractivity contribution in [2.24, 2.45) is 0 Å². The van der Waals surface area contributed by atoms with Crippen LogP contribution in [-0.2, 0) is 11.0 Å². The third-order valence-corrected chi connectivity index (χ3v) is 5.01. The van der Waals surface area contributed by atoms with E-state index in [0.29, 0.717) is 31.7 Å². The van der Waals surface area contributed by atoms with Crippen molar-refractivity contribution in [3.63, 3.8) is 0 Å². The van der Waals surface area contributed by atoms with Gasteiger partial charge in [0.2, 0.25) is 11.9 Å². The number of benzene rings is 1. The first kappa shape index (κ1) is 21.5. The zero-order chi connectivity index (χ0) is 22.7. The Hall–Kier alpha value is -3.69. The lowest BCUT2D eigenvalue weighted by Gasteiger charge is -2.22. The molecule has 32 heavy (non-hydrogen) atoms. The van der Waals surface area contributed by atoms with Crippen molar-refractivity contribution in [3.05, 3.63) is 60.2 Å². The Morgan fingerprint density at radius 1 is 1.09 bits per heavy atom. The van der Waals surface area contributed by atoms with Gasteiger partial charge >= 0.3 is 6.18 Å². The number of amides is 1. The van der Waals surface area contributed by atoms with Crippen molar-refractivity contribution in [2.45, 2.75) is 19.5 Å². The van der Waals surface area contributed by atoms with Crippen LogP contribution in [0.15, 0.2) is 48.9 Å². The van der Waals surface area contributed by atoms with Gasteiger partial charge in [-0.1, -0.05) is 6.07 Å². The summed E-state index contributed by atoms with van der Waals surface area (Å²) >= 11 is 0. The molecule has 0 bridgehead atoms. The molecule has 1 aliphatic rings. The molecule has 0 aliphatic carbocycles. The van der Waals surface area contributed by atoms with E-state index in [1.165, 1.54) is 0 Å². The minimum atomic E-state index is -4.54. The van der Waals surface area contributed by atoms with Gasteiger partial charge in [-0.2, -0.15) is 13.2 Å². The molecule has 1 amide bonds. The summed E-state index contributed by atoms with van der Waals surface area (Å²) in [4.78, 5) is 25.5. The maximum atomic E-state index is 12.9. The Balaban J connectivity index is 1.60. The summed E-state index contributed by atoms with van der Waals surface area (Å²) in [6, 6.07) is 8.39. The fraction of sp³-hybridized carbons (Fsp3) is 0.273. The van der Waals surface area contributed by atoms with Crippen molar-refractivity contribution in [3.8, 4) is 11.1 Å². The van der Waals surface area contributed by atoms with Gasteiger partial charge < -0.3 is 15.5 Å². The lowest BCUT2D eigenvalue weighted by Crippen LogP contribution is -2.28. The molecule has 0 radical (unpaired) electrons. The molecule has 0 unspecified atom stereocenters. The average molecular weight is 442 g/mol.